The van der Waals surface area contributed by atoms with Crippen molar-refractivity contribution in [3.63, 3.8) is 0 Å². The molecule has 0 heterocycles. The molecule has 1 rings (SSSR count). The van der Waals surface area contributed by atoms with E-state index in [-0.39, 0.29) is 23.2 Å². The molecule has 6 heteroatoms. The maximum absolute atomic E-state index is 12.4. The lowest BCUT2D eigenvalue weighted by Crippen LogP contribution is -2.33. The van der Waals surface area contributed by atoms with E-state index >= 15 is 0 Å². The van der Waals surface area contributed by atoms with E-state index in [1.54, 1.807) is 25.1 Å². The standard InChI is InChI=1S/C18H24O5S/c1-5-23-18(20)17(14(4)19)16(13(2)3)11-12-24(21,22)15-9-7-6-8-10-15/h6-13,16-17H,5H2,1-4H3/b12-11+. The van der Waals surface area contributed by atoms with E-state index in [1.165, 1.54) is 25.1 Å². The number of ketones is 1. The molecule has 1 aromatic rings. The Kier molecular flexibility index (Phi) is 7.35. The van der Waals surface area contributed by atoms with Crippen LogP contribution in [0.25, 0.3) is 0 Å². The fourth-order valence-electron chi connectivity index (χ4n) is 2.43. The molecule has 24 heavy (non-hydrogen) atoms. The van der Waals surface area contributed by atoms with Gasteiger partial charge in [0.2, 0.25) is 0 Å². The van der Waals surface area contributed by atoms with Crippen molar-refractivity contribution >= 4 is 21.6 Å². The number of esters is 1. The third-order valence-corrected chi connectivity index (χ3v) is 5.13. The molecule has 0 aliphatic rings. The average Bonchev–Trinajstić information content (AvgIpc) is 2.51. The van der Waals surface area contributed by atoms with Gasteiger partial charge in [-0.15, -0.1) is 0 Å². The SMILES string of the molecule is CCOC(=O)C(C(C)=O)C(/C=C/S(=O)(=O)c1ccccc1)C(C)C. The number of allylic oxidation sites excluding steroid dienone is 1. The minimum atomic E-state index is -3.63. The molecule has 0 aromatic heterocycles. The van der Waals surface area contributed by atoms with Gasteiger partial charge in [0.15, 0.2) is 9.84 Å². The maximum atomic E-state index is 12.4. The summed E-state index contributed by atoms with van der Waals surface area (Å²) in [7, 11) is -3.63. The van der Waals surface area contributed by atoms with Crippen LogP contribution in [-0.2, 0) is 24.2 Å². The van der Waals surface area contributed by atoms with Crippen molar-refractivity contribution in [2.24, 2.45) is 17.8 Å². The summed E-state index contributed by atoms with van der Waals surface area (Å²) >= 11 is 0. The van der Waals surface area contributed by atoms with Crippen molar-refractivity contribution in [1.82, 2.24) is 0 Å². The highest BCUT2D eigenvalue weighted by molar-refractivity contribution is 7.94. The molecule has 0 bridgehead atoms. The molecule has 132 valence electrons. The summed E-state index contributed by atoms with van der Waals surface area (Å²) in [6.07, 6.45) is 1.43. The zero-order chi connectivity index (χ0) is 18.3. The normalized spacial score (nSPS) is 14.5. The van der Waals surface area contributed by atoms with Gasteiger partial charge in [-0.1, -0.05) is 38.1 Å². The Morgan fingerprint density at radius 1 is 1.17 bits per heavy atom. The van der Waals surface area contributed by atoms with E-state index in [9.17, 15) is 18.0 Å². The Morgan fingerprint density at radius 2 is 1.75 bits per heavy atom. The van der Waals surface area contributed by atoms with Crippen LogP contribution in [0.3, 0.4) is 0 Å². The molecule has 0 saturated carbocycles. The second kappa shape index (κ2) is 8.78. The summed E-state index contributed by atoms with van der Waals surface area (Å²) in [5, 5.41) is 1.07. The first-order chi connectivity index (χ1) is 11.2. The number of carbonyl (C=O) groups excluding carboxylic acids is 2. The van der Waals surface area contributed by atoms with Crippen LogP contribution in [-0.4, -0.2) is 26.8 Å². The van der Waals surface area contributed by atoms with Gasteiger partial charge in [0, 0.05) is 11.3 Å². The van der Waals surface area contributed by atoms with Crippen molar-refractivity contribution in [1.29, 1.82) is 0 Å². The highest BCUT2D eigenvalue weighted by Crippen LogP contribution is 2.26. The molecule has 2 atom stereocenters. The van der Waals surface area contributed by atoms with Crippen LogP contribution in [0.2, 0.25) is 0 Å². The second-order valence-electron chi connectivity index (χ2n) is 5.85. The lowest BCUT2D eigenvalue weighted by atomic mass is 9.81. The molecule has 0 N–H and O–H groups in total. The van der Waals surface area contributed by atoms with Crippen LogP contribution in [0.1, 0.15) is 27.7 Å². The van der Waals surface area contributed by atoms with Crippen molar-refractivity contribution in [3.8, 4) is 0 Å². The maximum Gasteiger partial charge on any atom is 0.317 e. The van der Waals surface area contributed by atoms with Crippen molar-refractivity contribution in [2.75, 3.05) is 6.61 Å². The Morgan fingerprint density at radius 3 is 2.21 bits per heavy atom. The molecule has 0 amide bonds. The summed E-state index contributed by atoms with van der Waals surface area (Å²) in [5.74, 6) is -2.63. The number of rotatable bonds is 8. The van der Waals surface area contributed by atoms with E-state index in [4.69, 9.17) is 4.74 Å². The Hall–Kier alpha value is -1.95. The lowest BCUT2D eigenvalue weighted by Gasteiger charge is -2.24. The third-order valence-electron chi connectivity index (χ3n) is 3.68. The Labute approximate surface area is 143 Å². The van der Waals surface area contributed by atoms with E-state index in [0.717, 1.165) is 5.41 Å². The molecule has 0 aliphatic heterocycles. The second-order valence-corrected chi connectivity index (χ2v) is 7.68. The van der Waals surface area contributed by atoms with E-state index in [0.29, 0.717) is 0 Å². The number of hydrogen-bond acceptors (Lipinski definition) is 5. The van der Waals surface area contributed by atoms with Crippen LogP contribution < -0.4 is 0 Å². The minimum Gasteiger partial charge on any atom is -0.465 e. The predicted molar refractivity (Wildman–Crippen MR) is 91.9 cm³/mol. The number of benzene rings is 1. The zero-order valence-corrected chi connectivity index (χ0v) is 15.2. The molecule has 2 unspecified atom stereocenters. The van der Waals surface area contributed by atoms with E-state index in [2.05, 4.69) is 0 Å². The molecule has 0 spiro atoms. The predicted octanol–water partition coefficient (Wildman–Crippen LogP) is 3.01. The van der Waals surface area contributed by atoms with Crippen molar-refractivity contribution in [3.05, 3.63) is 41.8 Å². The van der Waals surface area contributed by atoms with Gasteiger partial charge in [0.1, 0.15) is 11.7 Å². The molecule has 0 aliphatic carbocycles. The highest BCUT2D eigenvalue weighted by Gasteiger charge is 2.34. The van der Waals surface area contributed by atoms with Gasteiger partial charge in [-0.3, -0.25) is 9.59 Å². The summed E-state index contributed by atoms with van der Waals surface area (Å²) in [5.41, 5.74) is 0. The minimum absolute atomic E-state index is 0.106. The summed E-state index contributed by atoms with van der Waals surface area (Å²) in [6.45, 7) is 6.81. The van der Waals surface area contributed by atoms with Crippen LogP contribution in [0, 0.1) is 17.8 Å². The molecule has 1 aromatic carbocycles. The monoisotopic (exact) mass is 352 g/mol. The summed E-state index contributed by atoms with van der Waals surface area (Å²) in [4.78, 5) is 24.2. The van der Waals surface area contributed by atoms with Crippen molar-refractivity contribution in [2.45, 2.75) is 32.6 Å². The molecule has 5 nitrogen and oxygen atoms in total. The van der Waals surface area contributed by atoms with Gasteiger partial charge in [-0.2, -0.15) is 0 Å². The molecular weight excluding hydrogens is 328 g/mol. The first-order valence-electron chi connectivity index (χ1n) is 7.86. The first kappa shape index (κ1) is 20.1. The van der Waals surface area contributed by atoms with Gasteiger partial charge >= 0.3 is 5.97 Å². The number of ether oxygens (including phenoxy) is 1. The van der Waals surface area contributed by atoms with Crippen LogP contribution in [0.4, 0.5) is 0 Å². The number of hydrogen-bond donors (Lipinski definition) is 0. The highest BCUT2D eigenvalue weighted by atomic mass is 32.2. The summed E-state index contributed by atoms with van der Waals surface area (Å²) in [6, 6.07) is 8.00. The quantitative estimate of drug-likeness (QED) is 0.531. The smallest absolute Gasteiger partial charge is 0.317 e. The number of carbonyl (C=O) groups is 2. The molecular formula is C18H24O5S. The van der Waals surface area contributed by atoms with E-state index < -0.39 is 27.6 Å². The largest absolute Gasteiger partial charge is 0.465 e. The first-order valence-corrected chi connectivity index (χ1v) is 9.40. The Bertz CT molecular complexity index is 689. The topological polar surface area (TPSA) is 77.5 Å². The van der Waals surface area contributed by atoms with Gasteiger partial charge in [0.05, 0.1) is 11.5 Å². The lowest BCUT2D eigenvalue weighted by molar-refractivity contribution is -0.153. The van der Waals surface area contributed by atoms with Gasteiger partial charge in [-0.25, -0.2) is 8.42 Å². The summed E-state index contributed by atoms with van der Waals surface area (Å²) < 4.78 is 29.7. The van der Waals surface area contributed by atoms with Gasteiger partial charge in [-0.05, 0) is 31.9 Å². The fraction of sp³-hybridized carbons (Fsp3) is 0.444. The Balaban J connectivity index is 3.16. The zero-order valence-electron chi connectivity index (χ0n) is 14.4. The van der Waals surface area contributed by atoms with E-state index in [1.807, 2.05) is 13.8 Å². The average molecular weight is 352 g/mol. The van der Waals surface area contributed by atoms with Gasteiger partial charge < -0.3 is 4.74 Å². The van der Waals surface area contributed by atoms with Crippen molar-refractivity contribution < 1.29 is 22.7 Å². The molecule has 0 saturated heterocycles. The molecule has 0 radical (unpaired) electrons. The van der Waals surface area contributed by atoms with Crippen LogP contribution in [0.15, 0.2) is 46.7 Å². The van der Waals surface area contributed by atoms with Crippen LogP contribution in [0.5, 0.6) is 0 Å². The number of Topliss-reactive ketones (excluding diaryl/α,β-unsaturated/α-hetero) is 1. The van der Waals surface area contributed by atoms with Gasteiger partial charge in [0.25, 0.3) is 0 Å². The third kappa shape index (κ3) is 5.30. The number of sulfone groups is 1. The fourth-order valence-corrected chi connectivity index (χ4v) is 3.51. The molecule has 0 fully saturated rings. The van der Waals surface area contributed by atoms with Crippen LogP contribution >= 0.6 is 0 Å².